The first-order chi connectivity index (χ1) is 10.9. The molecule has 2 aromatic carbocycles. The van der Waals surface area contributed by atoms with E-state index in [9.17, 15) is 0 Å². The van der Waals surface area contributed by atoms with Gasteiger partial charge in [0, 0.05) is 11.1 Å². The molecule has 0 radical (unpaired) electrons. The van der Waals surface area contributed by atoms with Crippen LogP contribution >= 0.6 is 11.3 Å². The minimum Gasteiger partial charge on any atom is -0.494 e. The lowest BCUT2D eigenvalue weighted by Crippen LogP contribution is -1.95. The van der Waals surface area contributed by atoms with E-state index in [1.165, 1.54) is 0 Å². The fourth-order valence-corrected chi connectivity index (χ4v) is 2.92. The lowest BCUT2D eigenvalue weighted by molar-refractivity contribution is 0.309. The first-order valence-corrected chi connectivity index (χ1v) is 8.30. The van der Waals surface area contributed by atoms with Gasteiger partial charge in [0.05, 0.1) is 6.61 Å². The molecule has 0 spiro atoms. The Morgan fingerprint density at radius 3 is 2.14 bits per heavy atom. The van der Waals surface area contributed by atoms with Gasteiger partial charge in [0.1, 0.15) is 15.8 Å². The molecular formula is C18H18N2OS. The van der Waals surface area contributed by atoms with E-state index in [1.807, 2.05) is 42.5 Å². The topological polar surface area (TPSA) is 35.0 Å². The van der Waals surface area contributed by atoms with Crippen molar-refractivity contribution in [3.8, 4) is 26.9 Å². The van der Waals surface area contributed by atoms with E-state index in [4.69, 9.17) is 4.74 Å². The van der Waals surface area contributed by atoms with Crippen molar-refractivity contribution in [3.05, 3.63) is 54.6 Å². The second-order valence-corrected chi connectivity index (χ2v) is 5.98. The Morgan fingerprint density at radius 2 is 1.50 bits per heavy atom. The summed E-state index contributed by atoms with van der Waals surface area (Å²) in [5, 5.41) is 10.5. The molecule has 3 nitrogen and oxygen atoms in total. The molecule has 0 saturated carbocycles. The van der Waals surface area contributed by atoms with Gasteiger partial charge in [0.2, 0.25) is 0 Å². The summed E-state index contributed by atoms with van der Waals surface area (Å²) in [5.41, 5.74) is 2.17. The van der Waals surface area contributed by atoms with Crippen LogP contribution in [0.15, 0.2) is 54.6 Å². The first-order valence-electron chi connectivity index (χ1n) is 7.49. The molecule has 0 N–H and O–H groups in total. The quantitative estimate of drug-likeness (QED) is 0.597. The third-order valence-electron chi connectivity index (χ3n) is 3.31. The summed E-state index contributed by atoms with van der Waals surface area (Å²) < 4.78 is 5.68. The predicted molar refractivity (Wildman–Crippen MR) is 91.2 cm³/mol. The van der Waals surface area contributed by atoms with Gasteiger partial charge in [-0.25, -0.2) is 0 Å². The Hall–Kier alpha value is -2.20. The highest BCUT2D eigenvalue weighted by molar-refractivity contribution is 7.17. The fourth-order valence-electron chi connectivity index (χ4n) is 2.07. The van der Waals surface area contributed by atoms with Gasteiger partial charge >= 0.3 is 0 Å². The Labute approximate surface area is 134 Å². The minimum atomic E-state index is 0.771. The maximum absolute atomic E-state index is 5.68. The van der Waals surface area contributed by atoms with Gasteiger partial charge in [0.25, 0.3) is 0 Å². The van der Waals surface area contributed by atoms with E-state index in [0.717, 1.165) is 46.3 Å². The zero-order chi connectivity index (χ0) is 15.2. The lowest BCUT2D eigenvalue weighted by atomic mass is 10.2. The molecule has 1 aromatic heterocycles. The van der Waals surface area contributed by atoms with Crippen LogP contribution in [0.2, 0.25) is 0 Å². The molecule has 3 rings (SSSR count). The zero-order valence-corrected chi connectivity index (χ0v) is 13.3. The second-order valence-electron chi connectivity index (χ2n) is 5.00. The lowest BCUT2D eigenvalue weighted by Gasteiger charge is -2.05. The average molecular weight is 310 g/mol. The second kappa shape index (κ2) is 7.18. The van der Waals surface area contributed by atoms with Gasteiger partial charge in [-0.05, 0) is 30.7 Å². The number of rotatable bonds is 6. The summed E-state index contributed by atoms with van der Waals surface area (Å²) in [6.45, 7) is 2.93. The monoisotopic (exact) mass is 310 g/mol. The smallest absolute Gasteiger partial charge is 0.148 e. The van der Waals surface area contributed by atoms with Gasteiger partial charge in [0.15, 0.2) is 0 Å². The zero-order valence-electron chi connectivity index (χ0n) is 12.5. The molecule has 4 heteroatoms. The molecule has 0 fully saturated rings. The van der Waals surface area contributed by atoms with Crippen molar-refractivity contribution >= 4 is 11.3 Å². The van der Waals surface area contributed by atoms with Gasteiger partial charge in [-0.1, -0.05) is 55.0 Å². The first kappa shape index (κ1) is 14.7. The van der Waals surface area contributed by atoms with E-state index < -0.39 is 0 Å². The SMILES string of the molecule is CCCCOc1ccc(-c2nnc(-c3ccccc3)s2)cc1. The summed E-state index contributed by atoms with van der Waals surface area (Å²) in [7, 11) is 0. The van der Waals surface area contributed by atoms with E-state index in [2.05, 4.69) is 29.3 Å². The van der Waals surface area contributed by atoms with Crippen molar-refractivity contribution in [2.45, 2.75) is 19.8 Å². The van der Waals surface area contributed by atoms with Crippen molar-refractivity contribution < 1.29 is 4.74 Å². The molecule has 0 saturated heterocycles. The number of unbranched alkanes of at least 4 members (excludes halogenated alkanes) is 1. The normalized spacial score (nSPS) is 10.6. The number of ether oxygens (including phenoxy) is 1. The summed E-state index contributed by atoms with van der Waals surface area (Å²) in [6, 6.07) is 18.2. The number of nitrogens with zero attached hydrogens (tertiary/aromatic N) is 2. The van der Waals surface area contributed by atoms with Crippen molar-refractivity contribution in [3.63, 3.8) is 0 Å². The third kappa shape index (κ3) is 3.52. The molecular weight excluding hydrogens is 292 g/mol. The van der Waals surface area contributed by atoms with Crippen LogP contribution in [0.3, 0.4) is 0 Å². The van der Waals surface area contributed by atoms with Crippen molar-refractivity contribution in [1.82, 2.24) is 10.2 Å². The number of aromatic nitrogens is 2. The van der Waals surface area contributed by atoms with Crippen LogP contribution in [0.4, 0.5) is 0 Å². The highest BCUT2D eigenvalue weighted by Crippen LogP contribution is 2.30. The number of benzene rings is 2. The number of hydrogen-bond donors (Lipinski definition) is 0. The van der Waals surface area contributed by atoms with Gasteiger partial charge < -0.3 is 4.74 Å². The minimum absolute atomic E-state index is 0.771. The molecule has 0 amide bonds. The maximum atomic E-state index is 5.68. The van der Waals surface area contributed by atoms with E-state index in [-0.39, 0.29) is 0 Å². The Balaban J connectivity index is 1.73. The van der Waals surface area contributed by atoms with Crippen molar-refractivity contribution in [1.29, 1.82) is 0 Å². The third-order valence-corrected chi connectivity index (χ3v) is 4.34. The van der Waals surface area contributed by atoms with Crippen LogP contribution in [0.1, 0.15) is 19.8 Å². The fraction of sp³-hybridized carbons (Fsp3) is 0.222. The van der Waals surface area contributed by atoms with E-state index >= 15 is 0 Å². The molecule has 0 atom stereocenters. The van der Waals surface area contributed by atoms with Crippen molar-refractivity contribution in [2.24, 2.45) is 0 Å². The average Bonchev–Trinajstić information content (AvgIpc) is 3.07. The van der Waals surface area contributed by atoms with Gasteiger partial charge in [-0.2, -0.15) is 0 Å². The van der Waals surface area contributed by atoms with Crippen LogP contribution in [0.25, 0.3) is 21.1 Å². The molecule has 112 valence electrons. The molecule has 3 aromatic rings. The summed E-state index contributed by atoms with van der Waals surface area (Å²) >= 11 is 1.60. The summed E-state index contributed by atoms with van der Waals surface area (Å²) in [6.07, 6.45) is 2.23. The largest absolute Gasteiger partial charge is 0.494 e. The molecule has 0 aliphatic heterocycles. The summed E-state index contributed by atoms with van der Waals surface area (Å²) in [4.78, 5) is 0. The van der Waals surface area contributed by atoms with Crippen LogP contribution in [0, 0.1) is 0 Å². The van der Waals surface area contributed by atoms with Gasteiger partial charge in [-0.3, -0.25) is 0 Å². The van der Waals surface area contributed by atoms with Crippen molar-refractivity contribution in [2.75, 3.05) is 6.61 Å². The van der Waals surface area contributed by atoms with Crippen LogP contribution in [-0.4, -0.2) is 16.8 Å². The molecule has 0 unspecified atom stereocenters. The standard InChI is InChI=1S/C18H18N2OS/c1-2-3-13-21-16-11-9-15(10-12-16)18-20-19-17(22-18)14-7-5-4-6-8-14/h4-12H,2-3,13H2,1H3. The van der Waals surface area contributed by atoms with E-state index in [1.54, 1.807) is 11.3 Å². The van der Waals surface area contributed by atoms with Crippen LogP contribution in [-0.2, 0) is 0 Å². The summed E-state index contributed by atoms with van der Waals surface area (Å²) in [5.74, 6) is 0.907. The van der Waals surface area contributed by atoms with E-state index in [0.29, 0.717) is 0 Å². The predicted octanol–water partition coefficient (Wildman–Crippen LogP) is 5.05. The Bertz CT molecular complexity index is 707. The Morgan fingerprint density at radius 1 is 0.864 bits per heavy atom. The molecule has 1 heterocycles. The highest BCUT2D eigenvalue weighted by Gasteiger charge is 2.08. The number of hydrogen-bond acceptors (Lipinski definition) is 4. The van der Waals surface area contributed by atoms with Gasteiger partial charge in [-0.15, -0.1) is 10.2 Å². The molecule has 0 bridgehead atoms. The Kier molecular flexibility index (Phi) is 4.81. The molecule has 0 aliphatic carbocycles. The highest BCUT2D eigenvalue weighted by atomic mass is 32.1. The molecule has 0 aliphatic rings. The van der Waals surface area contributed by atoms with Crippen LogP contribution < -0.4 is 4.74 Å². The maximum Gasteiger partial charge on any atom is 0.148 e. The van der Waals surface area contributed by atoms with Crippen LogP contribution in [0.5, 0.6) is 5.75 Å². The molecule has 22 heavy (non-hydrogen) atoms.